The maximum atomic E-state index is 6.42. The van der Waals surface area contributed by atoms with E-state index in [4.69, 9.17) is 4.42 Å². The first kappa shape index (κ1) is 26.6. The van der Waals surface area contributed by atoms with E-state index >= 15 is 0 Å². The van der Waals surface area contributed by atoms with Crippen LogP contribution in [0.2, 0.25) is 0 Å². The van der Waals surface area contributed by atoms with Gasteiger partial charge in [0, 0.05) is 16.3 Å². The van der Waals surface area contributed by atoms with Crippen LogP contribution in [-0.2, 0) is 0 Å². The minimum absolute atomic E-state index is 0.919. The maximum Gasteiger partial charge on any atom is 0.143 e. The Balaban J connectivity index is 1.19. The summed E-state index contributed by atoms with van der Waals surface area (Å²) in [5.74, 6) is 0. The van der Waals surface area contributed by atoms with Crippen LogP contribution in [0.15, 0.2) is 174 Å². The molecule has 0 spiro atoms. The lowest BCUT2D eigenvalue weighted by molar-refractivity contribution is 0.670. The number of hydrogen-bond donors (Lipinski definition) is 0. The van der Waals surface area contributed by atoms with E-state index in [9.17, 15) is 0 Å². The van der Waals surface area contributed by atoms with Gasteiger partial charge in [-0.3, -0.25) is 0 Å². The molecular weight excluding hydrogens is 593 g/mol. The molecule has 10 aromatic carbocycles. The van der Waals surface area contributed by atoms with Crippen molar-refractivity contribution in [1.29, 1.82) is 0 Å². The van der Waals surface area contributed by atoms with Gasteiger partial charge in [0.25, 0.3) is 0 Å². The van der Waals surface area contributed by atoms with Crippen LogP contribution < -0.4 is 0 Å². The summed E-state index contributed by atoms with van der Waals surface area (Å²) in [6.07, 6.45) is 0. The molecule has 226 valence electrons. The van der Waals surface area contributed by atoms with Gasteiger partial charge in [-0.1, -0.05) is 140 Å². The van der Waals surface area contributed by atoms with Crippen LogP contribution in [0.5, 0.6) is 0 Å². The second-order valence-corrected chi connectivity index (χ2v) is 13.2. The largest absolute Gasteiger partial charge is 0.455 e. The van der Waals surface area contributed by atoms with Gasteiger partial charge in [0.05, 0.1) is 0 Å². The van der Waals surface area contributed by atoms with Crippen molar-refractivity contribution in [3.05, 3.63) is 170 Å². The van der Waals surface area contributed by atoms with Crippen LogP contribution >= 0.6 is 0 Å². The lowest BCUT2D eigenvalue weighted by atomic mass is 9.87. The van der Waals surface area contributed by atoms with Crippen molar-refractivity contribution in [2.75, 3.05) is 0 Å². The first-order chi connectivity index (χ1) is 24.3. The quantitative estimate of drug-likeness (QED) is 0.138. The lowest BCUT2D eigenvalue weighted by Gasteiger charge is -2.16. The third-order valence-electron chi connectivity index (χ3n) is 10.6. The van der Waals surface area contributed by atoms with Gasteiger partial charge in [0.2, 0.25) is 0 Å². The molecule has 0 radical (unpaired) electrons. The molecule has 0 aliphatic rings. The van der Waals surface area contributed by atoms with Crippen molar-refractivity contribution in [1.82, 2.24) is 0 Å². The van der Waals surface area contributed by atoms with E-state index in [0.717, 1.165) is 33.1 Å². The predicted octanol–water partition coefficient (Wildman–Crippen LogP) is 13.8. The normalized spacial score (nSPS) is 12.1. The zero-order valence-corrected chi connectivity index (χ0v) is 26.6. The summed E-state index contributed by atoms with van der Waals surface area (Å²) in [6.45, 7) is 0. The Morgan fingerprint density at radius 1 is 0.245 bits per heavy atom. The van der Waals surface area contributed by atoms with E-state index in [1.807, 2.05) is 12.1 Å². The molecule has 0 N–H and O–H groups in total. The Bertz CT molecular complexity index is 3160. The average molecular weight is 621 g/mol. The van der Waals surface area contributed by atoms with Crippen LogP contribution in [0.25, 0.3) is 109 Å². The smallest absolute Gasteiger partial charge is 0.143 e. The van der Waals surface area contributed by atoms with Gasteiger partial charge >= 0.3 is 0 Å². The van der Waals surface area contributed by atoms with Crippen molar-refractivity contribution in [3.63, 3.8) is 0 Å². The molecular formula is C48H28O. The minimum Gasteiger partial charge on any atom is -0.455 e. The molecule has 1 nitrogen and oxygen atoms in total. The summed E-state index contributed by atoms with van der Waals surface area (Å²) < 4.78 is 6.42. The molecule has 0 bridgehead atoms. The highest BCUT2D eigenvalue weighted by Crippen LogP contribution is 2.43. The third-order valence-corrected chi connectivity index (χ3v) is 10.6. The van der Waals surface area contributed by atoms with Crippen LogP contribution in [0.1, 0.15) is 0 Å². The van der Waals surface area contributed by atoms with Gasteiger partial charge in [-0.2, -0.15) is 0 Å². The van der Waals surface area contributed by atoms with Crippen LogP contribution in [0.3, 0.4) is 0 Å². The van der Waals surface area contributed by atoms with E-state index in [1.54, 1.807) is 0 Å². The Hall–Kier alpha value is -6.44. The predicted molar refractivity (Wildman–Crippen MR) is 210 cm³/mol. The summed E-state index contributed by atoms with van der Waals surface area (Å²) in [5, 5.41) is 17.8. The van der Waals surface area contributed by atoms with Crippen molar-refractivity contribution < 1.29 is 4.42 Å². The summed E-state index contributed by atoms with van der Waals surface area (Å²) in [7, 11) is 0. The van der Waals surface area contributed by atoms with E-state index in [1.165, 1.54) is 75.8 Å². The van der Waals surface area contributed by atoms with Gasteiger partial charge < -0.3 is 4.42 Å². The van der Waals surface area contributed by atoms with Crippen LogP contribution in [0.4, 0.5) is 0 Å². The van der Waals surface area contributed by atoms with E-state index in [0.29, 0.717) is 0 Å². The van der Waals surface area contributed by atoms with Crippen LogP contribution in [-0.4, -0.2) is 0 Å². The molecule has 0 saturated heterocycles. The fourth-order valence-electron chi connectivity index (χ4n) is 8.37. The molecule has 11 rings (SSSR count). The zero-order chi connectivity index (χ0) is 32.1. The second-order valence-electron chi connectivity index (χ2n) is 13.2. The molecule has 49 heavy (non-hydrogen) atoms. The highest BCUT2D eigenvalue weighted by atomic mass is 16.3. The van der Waals surface area contributed by atoms with Gasteiger partial charge in [-0.05, 0) is 112 Å². The Morgan fingerprint density at radius 3 is 1.31 bits per heavy atom. The number of benzene rings is 10. The fourth-order valence-corrected chi connectivity index (χ4v) is 8.37. The van der Waals surface area contributed by atoms with E-state index in [2.05, 4.69) is 158 Å². The summed E-state index contributed by atoms with van der Waals surface area (Å²) in [5.41, 5.74) is 6.50. The number of rotatable bonds is 2. The standard InChI is InChI=1S/C48H28O/c1-4-16-36-33(13-1)34-14-2-5-17-37(34)44-28-46-42-26-30(23-24-39(42)35-15-3-6-18-38(35)45(46)27-43(36)44)29-11-9-12-31(25-29)32-20-10-21-41-40-19-7-8-22-47(40)49-48(32)41/h1-28H. The topological polar surface area (TPSA) is 13.1 Å². The van der Waals surface area contributed by atoms with Crippen molar-refractivity contribution in [3.8, 4) is 22.3 Å². The molecule has 0 saturated carbocycles. The lowest BCUT2D eigenvalue weighted by Crippen LogP contribution is -1.88. The number of furan rings is 1. The van der Waals surface area contributed by atoms with Gasteiger partial charge in [0.15, 0.2) is 0 Å². The van der Waals surface area contributed by atoms with E-state index in [-0.39, 0.29) is 0 Å². The van der Waals surface area contributed by atoms with E-state index < -0.39 is 0 Å². The first-order valence-corrected chi connectivity index (χ1v) is 16.9. The molecule has 0 unspecified atom stereocenters. The molecule has 1 aromatic heterocycles. The summed E-state index contributed by atoms with van der Waals surface area (Å²) >= 11 is 0. The van der Waals surface area contributed by atoms with Gasteiger partial charge in [-0.25, -0.2) is 0 Å². The van der Waals surface area contributed by atoms with Crippen molar-refractivity contribution in [2.24, 2.45) is 0 Å². The Morgan fingerprint density at radius 2 is 0.673 bits per heavy atom. The molecule has 11 aromatic rings. The highest BCUT2D eigenvalue weighted by molar-refractivity contribution is 6.33. The molecule has 0 aliphatic carbocycles. The number of fused-ring (bicyclic) bond motifs is 15. The Kier molecular flexibility index (Phi) is 5.45. The van der Waals surface area contributed by atoms with Crippen LogP contribution in [0, 0.1) is 0 Å². The molecule has 0 fully saturated rings. The van der Waals surface area contributed by atoms with Gasteiger partial charge in [0.1, 0.15) is 11.2 Å². The summed E-state index contributed by atoms with van der Waals surface area (Å²) in [4.78, 5) is 0. The zero-order valence-electron chi connectivity index (χ0n) is 26.6. The second kappa shape index (κ2) is 10.0. The minimum atomic E-state index is 0.919. The molecule has 0 atom stereocenters. The summed E-state index contributed by atoms with van der Waals surface area (Å²) in [6, 6.07) is 62.1. The SMILES string of the molecule is c1cc(-c2ccc3c4ccccc4c4cc5c6ccccc6c6ccccc6c5cc4c3c2)cc(-c2cccc3c2oc2ccccc23)c1. The van der Waals surface area contributed by atoms with Gasteiger partial charge in [-0.15, -0.1) is 0 Å². The number of hydrogen-bond acceptors (Lipinski definition) is 1. The molecule has 0 aliphatic heterocycles. The Labute approximate surface area is 282 Å². The fraction of sp³-hybridized carbons (Fsp3) is 0. The molecule has 0 amide bonds. The maximum absolute atomic E-state index is 6.42. The number of para-hydroxylation sites is 2. The monoisotopic (exact) mass is 620 g/mol. The molecule has 1 heterocycles. The average Bonchev–Trinajstić information content (AvgIpc) is 3.56. The first-order valence-electron chi connectivity index (χ1n) is 16.9. The highest BCUT2D eigenvalue weighted by Gasteiger charge is 2.16. The third kappa shape index (κ3) is 3.82. The van der Waals surface area contributed by atoms with Crippen molar-refractivity contribution >= 4 is 86.6 Å². The molecule has 1 heteroatoms. The van der Waals surface area contributed by atoms with Crippen molar-refractivity contribution in [2.45, 2.75) is 0 Å².